The molecule has 0 unspecified atom stereocenters. The zero-order valence-corrected chi connectivity index (χ0v) is 9.22. The maximum absolute atomic E-state index is 3.27. The number of rotatable bonds is 6. The van der Waals surface area contributed by atoms with Gasteiger partial charge in [0, 0.05) is 18.6 Å². The second-order valence-electron chi connectivity index (χ2n) is 3.78. The van der Waals surface area contributed by atoms with Crippen LogP contribution in [0.3, 0.4) is 0 Å². The van der Waals surface area contributed by atoms with E-state index in [1.807, 2.05) is 7.05 Å². The molecule has 1 N–H and O–H groups in total. The van der Waals surface area contributed by atoms with Crippen LogP contribution >= 0.6 is 0 Å². The van der Waals surface area contributed by atoms with Gasteiger partial charge >= 0.3 is 0 Å². The van der Waals surface area contributed by atoms with Crippen LogP contribution in [-0.2, 0) is 0 Å². The van der Waals surface area contributed by atoms with Gasteiger partial charge in [0.25, 0.3) is 0 Å². The van der Waals surface area contributed by atoms with Crippen molar-refractivity contribution in [3.05, 3.63) is 0 Å². The Morgan fingerprint density at radius 2 is 1.83 bits per heavy atom. The number of hydrogen-bond donors (Lipinski definition) is 1. The van der Waals surface area contributed by atoms with Gasteiger partial charge in [-0.1, -0.05) is 6.92 Å². The van der Waals surface area contributed by atoms with E-state index in [-0.39, 0.29) is 0 Å². The Balaban J connectivity index is 3.77. The number of hydrogen-bond acceptors (Lipinski definition) is 2. The second kappa shape index (κ2) is 6.44. The van der Waals surface area contributed by atoms with Gasteiger partial charge in [0.05, 0.1) is 0 Å². The molecule has 0 aromatic carbocycles. The SMILES string of the molecule is CCCN(C[C@H](C)NC)C(C)C. The molecule has 0 saturated heterocycles. The summed E-state index contributed by atoms with van der Waals surface area (Å²) in [6.45, 7) is 11.4. The van der Waals surface area contributed by atoms with Crippen LogP contribution in [0.5, 0.6) is 0 Å². The molecular weight excluding hydrogens is 148 g/mol. The average Bonchev–Trinajstić information content (AvgIpc) is 2.03. The van der Waals surface area contributed by atoms with E-state index in [1.165, 1.54) is 13.0 Å². The standard InChI is InChI=1S/C10H24N2/c1-6-7-12(9(2)3)8-10(4)11-5/h9-11H,6-8H2,1-5H3/t10-/m0/s1. The van der Waals surface area contributed by atoms with Crippen LogP contribution in [0.15, 0.2) is 0 Å². The molecule has 12 heavy (non-hydrogen) atoms. The quantitative estimate of drug-likeness (QED) is 0.656. The second-order valence-corrected chi connectivity index (χ2v) is 3.78. The zero-order chi connectivity index (χ0) is 9.56. The third-order valence-electron chi connectivity index (χ3n) is 2.24. The predicted molar refractivity (Wildman–Crippen MR) is 55.5 cm³/mol. The van der Waals surface area contributed by atoms with Gasteiger partial charge in [0.15, 0.2) is 0 Å². The number of nitrogens with zero attached hydrogens (tertiary/aromatic N) is 1. The van der Waals surface area contributed by atoms with Gasteiger partial charge in [0.2, 0.25) is 0 Å². The Morgan fingerprint density at radius 3 is 2.17 bits per heavy atom. The van der Waals surface area contributed by atoms with Crippen LogP contribution in [0.4, 0.5) is 0 Å². The van der Waals surface area contributed by atoms with Gasteiger partial charge in [-0.3, -0.25) is 4.90 Å². The van der Waals surface area contributed by atoms with E-state index < -0.39 is 0 Å². The zero-order valence-electron chi connectivity index (χ0n) is 9.22. The highest BCUT2D eigenvalue weighted by atomic mass is 15.2. The van der Waals surface area contributed by atoms with Gasteiger partial charge < -0.3 is 5.32 Å². The topological polar surface area (TPSA) is 15.3 Å². The van der Waals surface area contributed by atoms with Crippen LogP contribution in [0, 0.1) is 0 Å². The first-order valence-electron chi connectivity index (χ1n) is 5.03. The van der Waals surface area contributed by atoms with Crippen molar-refractivity contribution < 1.29 is 0 Å². The van der Waals surface area contributed by atoms with E-state index in [9.17, 15) is 0 Å². The van der Waals surface area contributed by atoms with Crippen molar-refractivity contribution in [1.29, 1.82) is 0 Å². The van der Waals surface area contributed by atoms with Gasteiger partial charge in [-0.15, -0.1) is 0 Å². The van der Waals surface area contributed by atoms with E-state index >= 15 is 0 Å². The minimum Gasteiger partial charge on any atom is -0.316 e. The van der Waals surface area contributed by atoms with E-state index in [0.717, 1.165) is 6.54 Å². The highest BCUT2D eigenvalue weighted by Gasteiger charge is 2.10. The van der Waals surface area contributed by atoms with Gasteiger partial charge in [-0.2, -0.15) is 0 Å². The molecule has 0 amide bonds. The fourth-order valence-electron chi connectivity index (χ4n) is 1.29. The maximum atomic E-state index is 3.27. The van der Waals surface area contributed by atoms with Crippen molar-refractivity contribution in [3.8, 4) is 0 Å². The Labute approximate surface area is 77.3 Å². The van der Waals surface area contributed by atoms with E-state index in [4.69, 9.17) is 0 Å². The van der Waals surface area contributed by atoms with Gasteiger partial charge in [-0.25, -0.2) is 0 Å². The Kier molecular flexibility index (Phi) is 6.39. The average molecular weight is 172 g/mol. The molecule has 0 radical (unpaired) electrons. The first-order valence-corrected chi connectivity index (χ1v) is 5.03. The Morgan fingerprint density at radius 1 is 1.25 bits per heavy atom. The van der Waals surface area contributed by atoms with E-state index in [2.05, 4.69) is 37.9 Å². The number of nitrogens with one attached hydrogen (secondary N) is 1. The minimum atomic E-state index is 0.596. The predicted octanol–water partition coefficient (Wildman–Crippen LogP) is 1.71. The normalized spacial score (nSPS) is 14.2. The van der Waals surface area contributed by atoms with Crippen molar-refractivity contribution in [2.45, 2.75) is 46.2 Å². The van der Waals surface area contributed by atoms with Crippen LogP contribution < -0.4 is 5.32 Å². The lowest BCUT2D eigenvalue weighted by Crippen LogP contribution is -2.41. The first-order chi connectivity index (χ1) is 5.61. The Bertz CT molecular complexity index is 102. The smallest absolute Gasteiger partial charge is 0.0163 e. The molecule has 0 aromatic heterocycles. The van der Waals surface area contributed by atoms with Crippen LogP contribution in [0.1, 0.15) is 34.1 Å². The van der Waals surface area contributed by atoms with Crippen molar-refractivity contribution in [1.82, 2.24) is 10.2 Å². The molecule has 0 saturated carbocycles. The summed E-state index contributed by atoms with van der Waals surface area (Å²) in [5, 5.41) is 3.27. The maximum Gasteiger partial charge on any atom is 0.0163 e. The molecule has 0 aliphatic carbocycles. The van der Waals surface area contributed by atoms with Gasteiger partial charge in [0.1, 0.15) is 0 Å². The van der Waals surface area contributed by atoms with Crippen LogP contribution in [0.2, 0.25) is 0 Å². The molecule has 0 aliphatic rings. The molecule has 1 atom stereocenters. The molecule has 0 aliphatic heterocycles. The first kappa shape index (κ1) is 11.9. The fourth-order valence-corrected chi connectivity index (χ4v) is 1.29. The molecule has 0 bridgehead atoms. The summed E-state index contributed by atoms with van der Waals surface area (Å²) < 4.78 is 0. The summed E-state index contributed by atoms with van der Waals surface area (Å²) in [5.74, 6) is 0. The van der Waals surface area contributed by atoms with Crippen LogP contribution in [-0.4, -0.2) is 37.1 Å². The third kappa shape index (κ3) is 4.73. The summed E-state index contributed by atoms with van der Waals surface area (Å²) in [4.78, 5) is 2.52. The van der Waals surface area contributed by atoms with E-state index in [0.29, 0.717) is 12.1 Å². The fraction of sp³-hybridized carbons (Fsp3) is 1.00. The van der Waals surface area contributed by atoms with Crippen molar-refractivity contribution >= 4 is 0 Å². The summed E-state index contributed by atoms with van der Waals surface area (Å²) >= 11 is 0. The highest BCUT2D eigenvalue weighted by molar-refractivity contribution is 4.68. The summed E-state index contributed by atoms with van der Waals surface area (Å²) in [7, 11) is 2.02. The lowest BCUT2D eigenvalue weighted by molar-refractivity contribution is 0.204. The Hall–Kier alpha value is -0.0800. The third-order valence-corrected chi connectivity index (χ3v) is 2.24. The molecule has 2 nitrogen and oxygen atoms in total. The summed E-state index contributed by atoms with van der Waals surface area (Å²) in [5.41, 5.74) is 0. The molecule has 0 heterocycles. The summed E-state index contributed by atoms with van der Waals surface area (Å²) in [6.07, 6.45) is 1.24. The number of likely N-dealkylation sites (N-methyl/N-ethyl adjacent to an activating group) is 1. The van der Waals surface area contributed by atoms with Crippen molar-refractivity contribution in [2.75, 3.05) is 20.1 Å². The van der Waals surface area contributed by atoms with Gasteiger partial charge in [-0.05, 0) is 40.8 Å². The van der Waals surface area contributed by atoms with Crippen molar-refractivity contribution in [2.24, 2.45) is 0 Å². The van der Waals surface area contributed by atoms with Crippen molar-refractivity contribution in [3.63, 3.8) is 0 Å². The lowest BCUT2D eigenvalue weighted by atomic mass is 10.2. The largest absolute Gasteiger partial charge is 0.316 e. The molecule has 0 aromatic rings. The molecular formula is C10H24N2. The highest BCUT2D eigenvalue weighted by Crippen LogP contribution is 2.00. The van der Waals surface area contributed by atoms with Crippen LogP contribution in [0.25, 0.3) is 0 Å². The molecule has 0 rings (SSSR count). The lowest BCUT2D eigenvalue weighted by Gasteiger charge is -2.28. The van der Waals surface area contributed by atoms with E-state index in [1.54, 1.807) is 0 Å². The molecule has 0 spiro atoms. The molecule has 74 valence electrons. The molecule has 0 fully saturated rings. The molecule has 2 heteroatoms. The monoisotopic (exact) mass is 172 g/mol. The minimum absolute atomic E-state index is 0.596. The summed E-state index contributed by atoms with van der Waals surface area (Å²) in [6, 6.07) is 1.26.